The predicted molar refractivity (Wildman–Crippen MR) is 205 cm³/mol. The highest BCUT2D eigenvalue weighted by Crippen LogP contribution is 2.14. The molecule has 5 nitrogen and oxygen atoms in total. The minimum Gasteiger partial charge on any atom is -0.462 e. The Morgan fingerprint density at radius 2 is 0.771 bits per heavy atom. The molecule has 0 radical (unpaired) electrons. The molecule has 0 saturated heterocycles. The number of hydrogen-bond donors (Lipinski definition) is 1. The van der Waals surface area contributed by atoms with E-state index in [1.54, 1.807) is 0 Å². The summed E-state index contributed by atoms with van der Waals surface area (Å²) in [6.07, 6.45) is 46.7. The van der Waals surface area contributed by atoms with Gasteiger partial charge >= 0.3 is 11.9 Å². The molecular formula is C43H80O5. The van der Waals surface area contributed by atoms with Crippen molar-refractivity contribution < 1.29 is 24.2 Å². The van der Waals surface area contributed by atoms with Gasteiger partial charge in [-0.1, -0.05) is 167 Å². The van der Waals surface area contributed by atoms with Crippen molar-refractivity contribution in [1.29, 1.82) is 0 Å². The van der Waals surface area contributed by atoms with Gasteiger partial charge in [-0.2, -0.15) is 0 Å². The minimum absolute atomic E-state index is 0.0663. The van der Waals surface area contributed by atoms with Gasteiger partial charge in [-0.3, -0.25) is 9.59 Å². The molecule has 0 aliphatic heterocycles. The SMILES string of the molecule is CCCCCCC=CCCCCCCCC(=O)OC(CO)COC(=O)CCCCCCCCCCCCCC=CCCCCCCCC. The predicted octanol–water partition coefficient (Wildman–Crippen LogP) is 13.1. The van der Waals surface area contributed by atoms with E-state index in [1.807, 2.05) is 0 Å². The summed E-state index contributed by atoms with van der Waals surface area (Å²) in [5.41, 5.74) is 0. The van der Waals surface area contributed by atoms with Crippen LogP contribution in [-0.4, -0.2) is 36.4 Å². The van der Waals surface area contributed by atoms with Crippen molar-refractivity contribution in [1.82, 2.24) is 0 Å². The first kappa shape index (κ1) is 46.4. The lowest BCUT2D eigenvalue weighted by molar-refractivity contribution is -0.161. The van der Waals surface area contributed by atoms with Crippen LogP contribution in [0.1, 0.15) is 219 Å². The summed E-state index contributed by atoms with van der Waals surface area (Å²) in [5, 5.41) is 9.55. The van der Waals surface area contributed by atoms with Crippen LogP contribution in [0, 0.1) is 0 Å². The molecule has 0 heterocycles. The third kappa shape index (κ3) is 37.2. The maximum absolute atomic E-state index is 12.1. The van der Waals surface area contributed by atoms with Crippen molar-refractivity contribution in [3.63, 3.8) is 0 Å². The molecule has 282 valence electrons. The van der Waals surface area contributed by atoms with Gasteiger partial charge in [0.15, 0.2) is 6.10 Å². The minimum atomic E-state index is -0.772. The molecule has 0 aromatic heterocycles. The van der Waals surface area contributed by atoms with Crippen LogP contribution < -0.4 is 0 Å². The Bertz CT molecular complexity index is 731. The van der Waals surface area contributed by atoms with Crippen LogP contribution >= 0.6 is 0 Å². The average Bonchev–Trinajstić information content (AvgIpc) is 3.09. The van der Waals surface area contributed by atoms with Gasteiger partial charge in [0, 0.05) is 12.8 Å². The van der Waals surface area contributed by atoms with Gasteiger partial charge in [0.25, 0.3) is 0 Å². The normalized spacial score (nSPS) is 12.3. The van der Waals surface area contributed by atoms with Crippen molar-refractivity contribution in [3.05, 3.63) is 24.3 Å². The fraction of sp³-hybridized carbons (Fsp3) is 0.860. The maximum Gasteiger partial charge on any atom is 0.306 e. The second-order valence-electron chi connectivity index (χ2n) is 14.1. The summed E-state index contributed by atoms with van der Waals surface area (Å²) in [6.45, 7) is 4.12. The lowest BCUT2D eigenvalue weighted by Crippen LogP contribution is -2.28. The molecule has 1 N–H and O–H groups in total. The molecule has 0 fully saturated rings. The Kier molecular flexibility index (Phi) is 38.5. The second-order valence-corrected chi connectivity index (χ2v) is 14.1. The summed E-state index contributed by atoms with van der Waals surface area (Å²) in [6, 6.07) is 0. The molecule has 0 bridgehead atoms. The molecule has 0 aliphatic carbocycles. The summed E-state index contributed by atoms with van der Waals surface area (Å²) in [7, 11) is 0. The molecule has 0 amide bonds. The highest BCUT2D eigenvalue weighted by Gasteiger charge is 2.16. The van der Waals surface area contributed by atoms with E-state index in [9.17, 15) is 14.7 Å². The number of aliphatic hydroxyl groups excluding tert-OH is 1. The quantitative estimate of drug-likeness (QED) is 0.0400. The van der Waals surface area contributed by atoms with E-state index in [4.69, 9.17) is 9.47 Å². The van der Waals surface area contributed by atoms with E-state index in [2.05, 4.69) is 38.2 Å². The highest BCUT2D eigenvalue weighted by molar-refractivity contribution is 5.70. The lowest BCUT2D eigenvalue weighted by Gasteiger charge is -2.15. The van der Waals surface area contributed by atoms with Gasteiger partial charge in [-0.25, -0.2) is 0 Å². The van der Waals surface area contributed by atoms with Crippen molar-refractivity contribution >= 4 is 11.9 Å². The molecule has 0 aromatic rings. The fourth-order valence-corrected chi connectivity index (χ4v) is 6.01. The molecule has 0 spiro atoms. The molecule has 1 unspecified atom stereocenters. The van der Waals surface area contributed by atoms with Crippen LogP contribution in [0.4, 0.5) is 0 Å². The second kappa shape index (κ2) is 39.8. The Balaban J connectivity index is 3.50. The molecular weight excluding hydrogens is 596 g/mol. The molecule has 0 aliphatic rings. The summed E-state index contributed by atoms with van der Waals surface area (Å²) in [4.78, 5) is 24.3. The van der Waals surface area contributed by atoms with E-state index in [0.717, 1.165) is 44.9 Å². The van der Waals surface area contributed by atoms with E-state index >= 15 is 0 Å². The highest BCUT2D eigenvalue weighted by atomic mass is 16.6. The topological polar surface area (TPSA) is 72.8 Å². The molecule has 0 saturated carbocycles. The van der Waals surface area contributed by atoms with Gasteiger partial charge in [0.2, 0.25) is 0 Å². The van der Waals surface area contributed by atoms with Gasteiger partial charge in [-0.05, 0) is 64.2 Å². The summed E-state index contributed by atoms with van der Waals surface area (Å²) < 4.78 is 10.6. The molecule has 1 atom stereocenters. The maximum atomic E-state index is 12.1. The smallest absolute Gasteiger partial charge is 0.306 e. The number of esters is 2. The number of carbonyl (C=O) groups is 2. The Hall–Kier alpha value is -1.62. The Morgan fingerprint density at radius 1 is 0.458 bits per heavy atom. The summed E-state index contributed by atoms with van der Waals surface area (Å²) in [5.74, 6) is -0.595. The largest absolute Gasteiger partial charge is 0.462 e. The lowest BCUT2D eigenvalue weighted by atomic mass is 10.0. The molecule has 0 rings (SSSR count). The van der Waals surface area contributed by atoms with Crippen LogP contribution in [0.15, 0.2) is 24.3 Å². The van der Waals surface area contributed by atoms with Crippen LogP contribution in [0.2, 0.25) is 0 Å². The first-order valence-corrected chi connectivity index (χ1v) is 20.9. The van der Waals surface area contributed by atoms with Gasteiger partial charge < -0.3 is 14.6 Å². The van der Waals surface area contributed by atoms with Crippen molar-refractivity contribution in [2.75, 3.05) is 13.2 Å². The van der Waals surface area contributed by atoms with Gasteiger partial charge in [0.1, 0.15) is 6.61 Å². The van der Waals surface area contributed by atoms with E-state index < -0.39 is 6.10 Å². The zero-order chi connectivity index (χ0) is 35.0. The zero-order valence-electron chi connectivity index (χ0n) is 32.0. The monoisotopic (exact) mass is 677 g/mol. The van der Waals surface area contributed by atoms with Crippen molar-refractivity contribution in [2.45, 2.75) is 225 Å². The van der Waals surface area contributed by atoms with Crippen LogP contribution in [-0.2, 0) is 19.1 Å². The number of aliphatic hydroxyl groups is 1. The van der Waals surface area contributed by atoms with E-state index in [-0.39, 0.29) is 25.2 Å². The molecule has 48 heavy (non-hydrogen) atoms. The van der Waals surface area contributed by atoms with Crippen LogP contribution in [0.25, 0.3) is 0 Å². The Morgan fingerprint density at radius 3 is 1.15 bits per heavy atom. The van der Waals surface area contributed by atoms with E-state index in [0.29, 0.717) is 12.8 Å². The first-order chi connectivity index (χ1) is 23.6. The molecule has 5 heteroatoms. The van der Waals surface area contributed by atoms with Crippen molar-refractivity contribution in [2.24, 2.45) is 0 Å². The van der Waals surface area contributed by atoms with Gasteiger partial charge in [-0.15, -0.1) is 0 Å². The van der Waals surface area contributed by atoms with Crippen molar-refractivity contribution in [3.8, 4) is 0 Å². The number of allylic oxidation sites excluding steroid dienone is 4. The molecule has 0 aromatic carbocycles. The average molecular weight is 677 g/mol. The number of ether oxygens (including phenoxy) is 2. The van der Waals surface area contributed by atoms with Crippen LogP contribution in [0.3, 0.4) is 0 Å². The number of unbranched alkanes of at least 4 members (excludes halogenated alkanes) is 26. The third-order valence-corrected chi connectivity index (χ3v) is 9.22. The number of rotatable bonds is 38. The standard InChI is InChI=1S/C43H80O5/c1-3-5-7-9-11-13-15-17-18-19-20-21-22-23-24-26-27-29-31-33-35-37-42(45)47-40-41(39-44)48-43(46)38-36-34-32-30-28-25-16-14-12-10-8-6-4-2/h14,16-18,41,44H,3-13,15,19-40H2,1-2H3. The van der Waals surface area contributed by atoms with Crippen LogP contribution in [0.5, 0.6) is 0 Å². The number of carbonyl (C=O) groups excluding carboxylic acids is 2. The fourth-order valence-electron chi connectivity index (χ4n) is 6.01. The van der Waals surface area contributed by atoms with Gasteiger partial charge in [0.05, 0.1) is 6.61 Å². The zero-order valence-corrected chi connectivity index (χ0v) is 32.0. The summed E-state index contributed by atoms with van der Waals surface area (Å²) >= 11 is 0. The number of hydrogen-bond acceptors (Lipinski definition) is 5. The van der Waals surface area contributed by atoms with E-state index in [1.165, 1.54) is 148 Å². The third-order valence-electron chi connectivity index (χ3n) is 9.22. The Labute approximate surface area is 298 Å². The first-order valence-electron chi connectivity index (χ1n) is 20.9.